The van der Waals surface area contributed by atoms with Gasteiger partial charge < -0.3 is 14.6 Å². The van der Waals surface area contributed by atoms with Gasteiger partial charge in [-0.3, -0.25) is 0 Å². The standard InChI is InChI=1S/C26H29N3OS2/c1-29(2)17-24-12-13-25(30-24)19-31-15-14-27-26-28-23(18-32-26)16-20-8-10-22(11-9-20)21-6-4-3-5-7-21/h3-13,18H,14-17,19H2,1-2H3,(H,27,28). The predicted molar refractivity (Wildman–Crippen MR) is 138 cm³/mol. The van der Waals surface area contributed by atoms with Crippen LogP contribution in [0.4, 0.5) is 5.13 Å². The van der Waals surface area contributed by atoms with Gasteiger partial charge in [-0.05, 0) is 42.9 Å². The van der Waals surface area contributed by atoms with Gasteiger partial charge in [0.1, 0.15) is 11.5 Å². The molecule has 2 heterocycles. The van der Waals surface area contributed by atoms with Crippen LogP contribution in [0.3, 0.4) is 0 Å². The molecule has 0 spiro atoms. The van der Waals surface area contributed by atoms with Gasteiger partial charge in [0.05, 0.1) is 18.0 Å². The van der Waals surface area contributed by atoms with Gasteiger partial charge in [0.15, 0.2) is 5.13 Å². The maximum absolute atomic E-state index is 5.86. The van der Waals surface area contributed by atoms with Crippen molar-refractivity contribution in [3.8, 4) is 11.1 Å². The van der Waals surface area contributed by atoms with E-state index in [9.17, 15) is 0 Å². The summed E-state index contributed by atoms with van der Waals surface area (Å²) in [6.07, 6.45) is 0.857. The molecule has 2 aromatic heterocycles. The number of benzene rings is 2. The number of rotatable bonds is 11. The Morgan fingerprint density at radius 3 is 2.47 bits per heavy atom. The second-order valence-electron chi connectivity index (χ2n) is 7.97. The summed E-state index contributed by atoms with van der Waals surface area (Å²) >= 11 is 3.55. The largest absolute Gasteiger partial charge is 0.464 e. The van der Waals surface area contributed by atoms with Gasteiger partial charge >= 0.3 is 0 Å². The van der Waals surface area contributed by atoms with Crippen molar-refractivity contribution < 1.29 is 4.42 Å². The third-order valence-corrected chi connectivity index (χ3v) is 6.78. The molecule has 2 aromatic carbocycles. The van der Waals surface area contributed by atoms with E-state index in [4.69, 9.17) is 9.40 Å². The minimum Gasteiger partial charge on any atom is -0.464 e. The Morgan fingerprint density at radius 1 is 0.938 bits per heavy atom. The molecule has 32 heavy (non-hydrogen) atoms. The van der Waals surface area contributed by atoms with Crippen molar-refractivity contribution in [2.45, 2.75) is 18.7 Å². The summed E-state index contributed by atoms with van der Waals surface area (Å²) in [6, 6.07) is 23.4. The van der Waals surface area contributed by atoms with Crippen molar-refractivity contribution in [2.75, 3.05) is 31.7 Å². The van der Waals surface area contributed by atoms with Crippen LogP contribution in [0.2, 0.25) is 0 Å². The number of aromatic nitrogens is 1. The van der Waals surface area contributed by atoms with E-state index in [1.807, 2.05) is 31.9 Å². The van der Waals surface area contributed by atoms with Crippen molar-refractivity contribution in [3.05, 3.63) is 94.9 Å². The van der Waals surface area contributed by atoms with E-state index in [-0.39, 0.29) is 0 Å². The number of furan rings is 1. The third-order valence-electron chi connectivity index (χ3n) is 4.95. The first kappa shape index (κ1) is 22.6. The Bertz CT molecular complexity index is 1090. The average molecular weight is 464 g/mol. The minimum atomic E-state index is 0.843. The van der Waals surface area contributed by atoms with E-state index in [2.05, 4.69) is 76.3 Å². The summed E-state index contributed by atoms with van der Waals surface area (Å²) < 4.78 is 5.86. The van der Waals surface area contributed by atoms with E-state index in [0.29, 0.717) is 0 Å². The molecular weight excluding hydrogens is 434 g/mol. The van der Waals surface area contributed by atoms with Crippen LogP contribution in [0.5, 0.6) is 0 Å². The summed E-state index contributed by atoms with van der Waals surface area (Å²) in [5, 5.41) is 6.59. The summed E-state index contributed by atoms with van der Waals surface area (Å²) in [4.78, 5) is 6.86. The topological polar surface area (TPSA) is 41.3 Å². The monoisotopic (exact) mass is 463 g/mol. The van der Waals surface area contributed by atoms with Crippen LogP contribution in [0.15, 0.2) is 76.5 Å². The van der Waals surface area contributed by atoms with Gasteiger partial charge in [0, 0.05) is 24.1 Å². The Morgan fingerprint density at radius 2 is 1.69 bits per heavy atom. The van der Waals surface area contributed by atoms with Crippen molar-refractivity contribution in [3.63, 3.8) is 0 Å². The molecule has 4 nitrogen and oxygen atoms in total. The predicted octanol–water partition coefficient (Wildman–Crippen LogP) is 6.40. The molecule has 0 saturated heterocycles. The van der Waals surface area contributed by atoms with Crippen LogP contribution in [-0.4, -0.2) is 36.3 Å². The minimum absolute atomic E-state index is 0.843. The summed E-state index contributed by atoms with van der Waals surface area (Å²) in [6.45, 7) is 1.74. The maximum Gasteiger partial charge on any atom is 0.182 e. The van der Waals surface area contributed by atoms with Crippen molar-refractivity contribution >= 4 is 28.2 Å². The van der Waals surface area contributed by atoms with Gasteiger partial charge in [-0.2, -0.15) is 11.8 Å². The lowest BCUT2D eigenvalue weighted by molar-refractivity contribution is 0.344. The van der Waals surface area contributed by atoms with Crippen molar-refractivity contribution in [1.29, 1.82) is 0 Å². The van der Waals surface area contributed by atoms with E-state index >= 15 is 0 Å². The molecule has 0 atom stereocenters. The first-order valence-corrected chi connectivity index (χ1v) is 12.8. The number of thiazole rings is 1. The molecule has 4 rings (SSSR count). The van der Waals surface area contributed by atoms with E-state index in [1.54, 1.807) is 11.3 Å². The third kappa shape index (κ3) is 6.73. The number of hydrogen-bond donors (Lipinski definition) is 1. The number of thioether (sulfide) groups is 1. The van der Waals surface area contributed by atoms with Crippen LogP contribution < -0.4 is 5.32 Å². The van der Waals surface area contributed by atoms with Crippen LogP contribution in [-0.2, 0) is 18.7 Å². The van der Waals surface area contributed by atoms with E-state index in [1.165, 1.54) is 16.7 Å². The number of anilines is 1. The van der Waals surface area contributed by atoms with Crippen LogP contribution >= 0.6 is 23.1 Å². The summed E-state index contributed by atoms with van der Waals surface area (Å²) in [5.41, 5.74) is 4.89. The highest BCUT2D eigenvalue weighted by molar-refractivity contribution is 7.98. The van der Waals surface area contributed by atoms with Crippen LogP contribution in [0.1, 0.15) is 22.8 Å². The molecule has 166 valence electrons. The molecule has 0 aliphatic rings. The highest BCUT2D eigenvalue weighted by Gasteiger charge is 2.06. The van der Waals surface area contributed by atoms with E-state index in [0.717, 1.165) is 53.4 Å². The Labute approximate surface area is 198 Å². The second-order valence-corrected chi connectivity index (χ2v) is 9.93. The van der Waals surface area contributed by atoms with Crippen LogP contribution in [0.25, 0.3) is 11.1 Å². The second kappa shape index (κ2) is 11.4. The van der Waals surface area contributed by atoms with Gasteiger partial charge in [-0.15, -0.1) is 11.3 Å². The molecule has 6 heteroatoms. The molecule has 0 radical (unpaired) electrons. The number of nitrogens with one attached hydrogen (secondary N) is 1. The fraction of sp³-hybridized carbons (Fsp3) is 0.269. The average Bonchev–Trinajstić information content (AvgIpc) is 3.43. The Balaban J connectivity index is 1.18. The summed E-state index contributed by atoms with van der Waals surface area (Å²) in [5.74, 6) is 3.98. The Hall–Kier alpha value is -2.54. The molecule has 1 N–H and O–H groups in total. The molecular formula is C26H29N3OS2. The number of nitrogens with zero attached hydrogens (tertiary/aromatic N) is 2. The quantitative estimate of drug-likeness (QED) is 0.261. The molecule has 0 unspecified atom stereocenters. The van der Waals surface area contributed by atoms with Crippen LogP contribution in [0, 0.1) is 0 Å². The molecule has 0 saturated carbocycles. The normalized spacial score (nSPS) is 11.2. The van der Waals surface area contributed by atoms with Crippen molar-refractivity contribution in [2.24, 2.45) is 0 Å². The van der Waals surface area contributed by atoms with Gasteiger partial charge in [0.2, 0.25) is 0 Å². The zero-order chi connectivity index (χ0) is 22.2. The molecule has 0 aliphatic carbocycles. The van der Waals surface area contributed by atoms with Gasteiger partial charge in [-0.1, -0.05) is 54.6 Å². The first-order chi connectivity index (χ1) is 15.7. The molecule has 4 aromatic rings. The van der Waals surface area contributed by atoms with Gasteiger partial charge in [-0.25, -0.2) is 4.98 Å². The highest BCUT2D eigenvalue weighted by Crippen LogP contribution is 2.22. The van der Waals surface area contributed by atoms with Crippen molar-refractivity contribution in [1.82, 2.24) is 9.88 Å². The molecule has 0 fully saturated rings. The smallest absolute Gasteiger partial charge is 0.182 e. The maximum atomic E-state index is 5.86. The SMILES string of the molecule is CN(C)Cc1ccc(CSCCNc2nc(Cc3ccc(-c4ccccc4)cc3)cs2)o1. The fourth-order valence-corrected chi connectivity index (χ4v) is 4.91. The van der Waals surface area contributed by atoms with E-state index < -0.39 is 0 Å². The summed E-state index contributed by atoms with van der Waals surface area (Å²) in [7, 11) is 4.10. The first-order valence-electron chi connectivity index (χ1n) is 10.8. The molecule has 0 amide bonds. The molecule has 0 aliphatic heterocycles. The zero-order valence-electron chi connectivity index (χ0n) is 18.6. The lowest BCUT2D eigenvalue weighted by Gasteiger charge is -2.06. The lowest BCUT2D eigenvalue weighted by atomic mass is 10.0. The fourth-order valence-electron chi connectivity index (χ4n) is 3.42. The molecule has 0 bridgehead atoms. The number of hydrogen-bond acceptors (Lipinski definition) is 6. The lowest BCUT2D eigenvalue weighted by Crippen LogP contribution is -2.09. The zero-order valence-corrected chi connectivity index (χ0v) is 20.2. The van der Waals surface area contributed by atoms with Gasteiger partial charge in [0.25, 0.3) is 0 Å². The Kier molecular flexibility index (Phi) is 8.04. The highest BCUT2D eigenvalue weighted by atomic mass is 32.2.